The lowest BCUT2D eigenvalue weighted by molar-refractivity contribution is 0.136. The Kier molecular flexibility index (Phi) is 5.42. The first-order valence-electron chi connectivity index (χ1n) is 7.95. The Bertz CT molecular complexity index is 760. The van der Waals surface area contributed by atoms with E-state index in [4.69, 9.17) is 5.26 Å². The summed E-state index contributed by atoms with van der Waals surface area (Å²) >= 11 is 1.30. The van der Waals surface area contributed by atoms with E-state index in [-0.39, 0.29) is 6.03 Å². The summed E-state index contributed by atoms with van der Waals surface area (Å²) in [4.78, 5) is 24.8. The lowest BCUT2D eigenvalue weighted by Crippen LogP contribution is -2.50. The predicted octanol–water partition coefficient (Wildman–Crippen LogP) is 1.61. The zero-order valence-corrected chi connectivity index (χ0v) is 14.7. The smallest absolute Gasteiger partial charge is 0.317 e. The van der Waals surface area contributed by atoms with E-state index in [1.165, 1.54) is 11.3 Å². The van der Waals surface area contributed by atoms with Gasteiger partial charge in [-0.05, 0) is 11.6 Å². The van der Waals surface area contributed by atoms with E-state index < -0.39 is 0 Å². The Balaban J connectivity index is 1.51. The van der Waals surface area contributed by atoms with Crippen molar-refractivity contribution < 1.29 is 4.79 Å². The van der Waals surface area contributed by atoms with Crippen LogP contribution in [0.3, 0.4) is 0 Å². The van der Waals surface area contributed by atoms with Crippen molar-refractivity contribution in [1.29, 1.82) is 5.26 Å². The molecule has 1 fully saturated rings. The molecule has 3 heterocycles. The van der Waals surface area contributed by atoms with Crippen molar-refractivity contribution in [3.05, 3.63) is 35.0 Å². The van der Waals surface area contributed by atoms with Crippen molar-refractivity contribution in [2.24, 2.45) is 0 Å². The third kappa shape index (κ3) is 4.43. The second kappa shape index (κ2) is 7.92. The molecule has 0 bridgehead atoms. The molecule has 0 radical (unpaired) electrons. The van der Waals surface area contributed by atoms with Crippen LogP contribution in [0.15, 0.2) is 24.5 Å². The molecule has 0 aliphatic carbocycles. The fourth-order valence-corrected chi connectivity index (χ4v) is 3.23. The van der Waals surface area contributed by atoms with Gasteiger partial charge < -0.3 is 15.5 Å². The van der Waals surface area contributed by atoms with E-state index in [0.717, 1.165) is 38.3 Å². The highest BCUT2D eigenvalue weighted by Gasteiger charge is 2.20. The number of piperazine rings is 1. The van der Waals surface area contributed by atoms with E-state index in [0.29, 0.717) is 15.8 Å². The summed E-state index contributed by atoms with van der Waals surface area (Å²) < 4.78 is 0. The third-order valence-corrected chi connectivity index (χ3v) is 4.77. The summed E-state index contributed by atoms with van der Waals surface area (Å²) in [6, 6.07) is 5.98. The monoisotopic (exact) mass is 357 g/mol. The van der Waals surface area contributed by atoms with Crippen molar-refractivity contribution >= 4 is 28.3 Å². The predicted molar refractivity (Wildman–Crippen MR) is 95.7 cm³/mol. The number of aromatic nitrogens is 2. The van der Waals surface area contributed by atoms with Crippen molar-refractivity contribution in [3.63, 3.8) is 0 Å². The zero-order chi connectivity index (χ0) is 17.6. The number of hydrogen-bond acceptors (Lipinski definition) is 7. The number of amides is 2. The molecule has 1 aliphatic rings. The Hall–Kier alpha value is -2.70. The van der Waals surface area contributed by atoms with Crippen LogP contribution in [0.1, 0.15) is 10.4 Å². The van der Waals surface area contributed by atoms with Gasteiger partial charge in [-0.1, -0.05) is 17.4 Å². The summed E-state index contributed by atoms with van der Waals surface area (Å²) in [5.74, 6) is 0.701. The van der Waals surface area contributed by atoms with Gasteiger partial charge in [0.2, 0.25) is 0 Å². The Morgan fingerprint density at radius 1 is 1.28 bits per heavy atom. The maximum absolute atomic E-state index is 11.6. The fraction of sp³-hybridized carbons (Fsp3) is 0.375. The first-order valence-corrected chi connectivity index (χ1v) is 8.76. The van der Waals surface area contributed by atoms with Crippen molar-refractivity contribution in [3.8, 4) is 6.07 Å². The number of nitriles is 1. The van der Waals surface area contributed by atoms with Crippen molar-refractivity contribution in [1.82, 2.24) is 25.1 Å². The molecule has 2 N–H and O–H groups in total. The number of urea groups is 1. The quantitative estimate of drug-likeness (QED) is 0.863. The Labute approximate surface area is 150 Å². The molecule has 1 saturated heterocycles. The molecule has 0 atom stereocenters. The molecular weight excluding hydrogens is 338 g/mol. The number of rotatable bonds is 4. The molecule has 0 unspecified atom stereocenters. The Morgan fingerprint density at radius 2 is 2.08 bits per heavy atom. The van der Waals surface area contributed by atoms with Gasteiger partial charge >= 0.3 is 6.03 Å². The van der Waals surface area contributed by atoms with Crippen molar-refractivity contribution in [2.45, 2.75) is 6.54 Å². The molecular formula is C16H19N7OS. The number of anilines is 2. The summed E-state index contributed by atoms with van der Waals surface area (Å²) in [5, 5.41) is 15.2. The van der Waals surface area contributed by atoms with Gasteiger partial charge in [0.15, 0.2) is 5.13 Å². The number of nitrogens with zero attached hydrogens (tertiary/aromatic N) is 5. The van der Waals surface area contributed by atoms with E-state index >= 15 is 0 Å². The molecule has 3 rings (SSSR count). The molecule has 25 heavy (non-hydrogen) atoms. The molecule has 0 spiro atoms. The van der Waals surface area contributed by atoms with E-state index in [1.807, 2.05) is 23.2 Å². The largest absolute Gasteiger partial charge is 0.341 e. The standard InChI is InChI=1S/C16H19N7OS/c1-18-16(24)23-6-4-22(5-7-23)11-12-2-3-14(19-9-12)21-15-20-10-13(8-17)25-15/h2-3,9-10H,4-7,11H2,1H3,(H,18,24)(H,19,20,21). The molecule has 2 aromatic rings. The number of nitrogens with one attached hydrogen (secondary N) is 2. The molecule has 9 heteroatoms. The normalized spacial score (nSPS) is 14.8. The summed E-state index contributed by atoms with van der Waals surface area (Å²) in [6.07, 6.45) is 3.38. The van der Waals surface area contributed by atoms with Gasteiger partial charge in [0.25, 0.3) is 0 Å². The number of pyridine rings is 1. The lowest BCUT2D eigenvalue weighted by Gasteiger charge is -2.34. The van der Waals surface area contributed by atoms with Gasteiger partial charge in [-0.25, -0.2) is 14.8 Å². The minimum Gasteiger partial charge on any atom is -0.341 e. The fourth-order valence-electron chi connectivity index (χ4n) is 2.61. The summed E-state index contributed by atoms with van der Waals surface area (Å²) in [6.45, 7) is 3.98. The van der Waals surface area contributed by atoms with Crippen LogP contribution in [0.4, 0.5) is 15.7 Å². The van der Waals surface area contributed by atoms with Gasteiger partial charge in [-0.15, -0.1) is 0 Å². The second-order valence-electron chi connectivity index (χ2n) is 5.64. The zero-order valence-electron chi connectivity index (χ0n) is 13.9. The molecule has 8 nitrogen and oxygen atoms in total. The minimum absolute atomic E-state index is 0.0153. The minimum atomic E-state index is -0.0153. The van der Waals surface area contributed by atoms with Crippen LogP contribution in [0.25, 0.3) is 0 Å². The highest BCUT2D eigenvalue weighted by atomic mass is 32.1. The van der Waals surface area contributed by atoms with E-state index in [9.17, 15) is 4.79 Å². The van der Waals surface area contributed by atoms with Crippen LogP contribution >= 0.6 is 11.3 Å². The molecule has 130 valence electrons. The topological polar surface area (TPSA) is 97.2 Å². The number of thiazole rings is 1. The van der Waals surface area contributed by atoms with Gasteiger partial charge in [0.1, 0.15) is 16.8 Å². The van der Waals surface area contributed by atoms with Crippen LogP contribution in [-0.4, -0.2) is 59.0 Å². The third-order valence-electron chi connectivity index (χ3n) is 3.96. The van der Waals surface area contributed by atoms with Gasteiger partial charge in [0, 0.05) is 46.0 Å². The molecule has 2 aromatic heterocycles. The average molecular weight is 357 g/mol. The van der Waals surface area contributed by atoms with Crippen LogP contribution in [-0.2, 0) is 6.54 Å². The first kappa shape index (κ1) is 17.1. The highest BCUT2D eigenvalue weighted by molar-refractivity contribution is 7.16. The number of carbonyl (C=O) groups is 1. The maximum Gasteiger partial charge on any atom is 0.317 e. The SMILES string of the molecule is CNC(=O)N1CCN(Cc2ccc(Nc3ncc(C#N)s3)nc2)CC1. The number of hydrogen-bond donors (Lipinski definition) is 2. The first-order chi connectivity index (χ1) is 12.2. The van der Waals surface area contributed by atoms with E-state index in [1.54, 1.807) is 13.2 Å². The van der Waals surface area contributed by atoms with Gasteiger partial charge in [0.05, 0.1) is 6.20 Å². The summed E-state index contributed by atoms with van der Waals surface area (Å²) in [5.41, 5.74) is 1.12. The molecule has 0 aromatic carbocycles. The van der Waals surface area contributed by atoms with Crippen molar-refractivity contribution in [2.75, 3.05) is 38.5 Å². The van der Waals surface area contributed by atoms with Crippen LogP contribution in [0.2, 0.25) is 0 Å². The van der Waals surface area contributed by atoms with Gasteiger partial charge in [-0.2, -0.15) is 5.26 Å². The lowest BCUT2D eigenvalue weighted by atomic mass is 10.2. The van der Waals surface area contributed by atoms with Crippen LogP contribution < -0.4 is 10.6 Å². The summed E-state index contributed by atoms with van der Waals surface area (Å²) in [7, 11) is 1.66. The average Bonchev–Trinajstić information content (AvgIpc) is 3.11. The van der Waals surface area contributed by atoms with Crippen LogP contribution in [0.5, 0.6) is 0 Å². The Morgan fingerprint density at radius 3 is 2.68 bits per heavy atom. The van der Waals surface area contributed by atoms with Gasteiger partial charge in [-0.3, -0.25) is 4.90 Å². The number of carbonyl (C=O) groups excluding carboxylic acids is 1. The molecule has 1 aliphatic heterocycles. The molecule has 2 amide bonds. The van der Waals surface area contributed by atoms with Crippen LogP contribution in [0, 0.1) is 11.3 Å². The highest BCUT2D eigenvalue weighted by Crippen LogP contribution is 2.21. The van der Waals surface area contributed by atoms with E-state index in [2.05, 4.69) is 31.6 Å². The maximum atomic E-state index is 11.6. The second-order valence-corrected chi connectivity index (χ2v) is 6.67. The molecule has 0 saturated carbocycles.